The van der Waals surface area contributed by atoms with E-state index >= 15 is 0 Å². The van der Waals surface area contributed by atoms with E-state index in [-0.39, 0.29) is 4.88 Å². The van der Waals surface area contributed by atoms with E-state index in [1.165, 1.54) is 0 Å². The molecule has 1 aromatic rings. The molecule has 0 saturated carbocycles. The summed E-state index contributed by atoms with van der Waals surface area (Å²) in [7, 11) is 0. The van der Waals surface area contributed by atoms with Gasteiger partial charge in [-0.3, -0.25) is 0 Å². The molecular weight excluding hydrogens is 162 g/mol. The monoisotopic (exact) mass is 170 g/mol. The maximum Gasteiger partial charge on any atom is 0.0836 e. The Kier molecular flexibility index (Phi) is 2.14. The van der Waals surface area contributed by atoms with Crippen LogP contribution in [0.1, 0.15) is 22.2 Å². The van der Waals surface area contributed by atoms with Crippen molar-refractivity contribution in [2.24, 2.45) is 0 Å². The summed E-state index contributed by atoms with van der Waals surface area (Å²) >= 11 is 1.12. The van der Waals surface area contributed by atoms with Crippen LogP contribution in [-0.2, 0) is 6.42 Å². The van der Waals surface area contributed by atoms with Gasteiger partial charge in [0.05, 0.1) is 16.5 Å². The predicted octanol–water partition coefficient (Wildman–Crippen LogP) is 0.256. The molecule has 0 atom stereocenters. The van der Waals surface area contributed by atoms with Crippen LogP contribution in [0, 0.1) is 0 Å². The van der Waals surface area contributed by atoms with Crippen molar-refractivity contribution in [2.45, 2.75) is 13.3 Å². The first-order valence-electron chi connectivity index (χ1n) is 3.24. The Morgan fingerprint density at radius 1 is 1.82 bits per heavy atom. The zero-order valence-corrected chi connectivity index (χ0v) is 6.90. The third-order valence-corrected chi connectivity index (χ3v) is 2.50. The molecule has 0 radical (unpaired) electrons. The summed E-state index contributed by atoms with van der Waals surface area (Å²) < 4.78 is 0. The average molecular weight is 170 g/mol. The number of nitrogens with two attached hydrogens (primary N) is 1. The molecule has 0 aliphatic heterocycles. The van der Waals surface area contributed by atoms with E-state index in [4.69, 9.17) is 5.73 Å². The summed E-state index contributed by atoms with van der Waals surface area (Å²) in [6.07, 6.45) is 0.760. The zero-order chi connectivity index (χ0) is 8.43. The van der Waals surface area contributed by atoms with E-state index in [0.29, 0.717) is 5.69 Å². The minimum atomic E-state index is -1.19. The van der Waals surface area contributed by atoms with Gasteiger partial charge in [-0.05, 0) is 17.4 Å². The van der Waals surface area contributed by atoms with E-state index in [0.717, 1.165) is 23.3 Å². The highest BCUT2D eigenvalue weighted by molar-refractivity contribution is 7.12. The van der Waals surface area contributed by atoms with Crippen molar-refractivity contribution in [1.82, 2.24) is 0 Å². The van der Waals surface area contributed by atoms with Gasteiger partial charge in [-0.1, -0.05) is 6.92 Å². The lowest BCUT2D eigenvalue weighted by Crippen LogP contribution is -2.22. The smallest absolute Gasteiger partial charge is 0.0836 e. The molecule has 0 aliphatic rings. The van der Waals surface area contributed by atoms with Crippen molar-refractivity contribution < 1.29 is 9.90 Å². The van der Waals surface area contributed by atoms with Gasteiger partial charge in [0.1, 0.15) is 0 Å². The van der Waals surface area contributed by atoms with Crippen LogP contribution in [0.4, 0.5) is 5.69 Å². The number of anilines is 1. The first-order valence-corrected chi connectivity index (χ1v) is 4.12. The maximum atomic E-state index is 10.4. The Morgan fingerprint density at radius 2 is 2.45 bits per heavy atom. The number of rotatable bonds is 2. The first-order chi connectivity index (χ1) is 5.16. The second-order valence-electron chi connectivity index (χ2n) is 2.14. The molecule has 3 nitrogen and oxygen atoms in total. The lowest BCUT2D eigenvalue weighted by molar-refractivity contribution is -0.254. The molecule has 11 heavy (non-hydrogen) atoms. The average Bonchev–Trinajstić information content (AvgIpc) is 2.30. The van der Waals surface area contributed by atoms with Gasteiger partial charge in [0.25, 0.3) is 0 Å². The molecule has 2 N–H and O–H groups in total. The van der Waals surface area contributed by atoms with Gasteiger partial charge in [-0.25, -0.2) is 0 Å². The number of hydrogen-bond acceptors (Lipinski definition) is 4. The largest absolute Gasteiger partial charge is 0.544 e. The zero-order valence-electron chi connectivity index (χ0n) is 6.09. The highest BCUT2D eigenvalue weighted by Gasteiger charge is 2.06. The Balaban J connectivity index is 3.10. The van der Waals surface area contributed by atoms with Crippen molar-refractivity contribution in [3.05, 3.63) is 15.8 Å². The minimum absolute atomic E-state index is 0.141. The number of aryl methyl sites for hydroxylation is 1. The summed E-state index contributed by atoms with van der Waals surface area (Å²) in [5.41, 5.74) is 6.75. The molecule has 0 aliphatic carbocycles. The van der Waals surface area contributed by atoms with E-state index < -0.39 is 5.97 Å². The van der Waals surface area contributed by atoms with Crippen molar-refractivity contribution in [1.29, 1.82) is 0 Å². The van der Waals surface area contributed by atoms with Gasteiger partial charge < -0.3 is 15.6 Å². The fourth-order valence-electron chi connectivity index (χ4n) is 0.835. The van der Waals surface area contributed by atoms with Crippen LogP contribution in [0.15, 0.2) is 5.38 Å². The summed E-state index contributed by atoms with van der Waals surface area (Å²) in [5.74, 6) is -1.19. The molecule has 0 aromatic carbocycles. The standard InChI is InChI=1S/C7H9NO2S/c1-2-4-3-11-6(5(4)8)7(9)10/h3H,2,8H2,1H3,(H,9,10)/p-1. The van der Waals surface area contributed by atoms with Crippen LogP contribution in [0.25, 0.3) is 0 Å². The van der Waals surface area contributed by atoms with Crippen LogP contribution in [0.5, 0.6) is 0 Å². The lowest BCUT2D eigenvalue weighted by Gasteiger charge is -1.99. The molecule has 1 rings (SSSR count). The highest BCUT2D eigenvalue weighted by Crippen LogP contribution is 2.24. The Hall–Kier alpha value is -1.03. The number of carbonyl (C=O) groups excluding carboxylic acids is 1. The normalized spacial score (nSPS) is 9.91. The van der Waals surface area contributed by atoms with Gasteiger partial charge in [0, 0.05) is 0 Å². The molecule has 0 spiro atoms. The van der Waals surface area contributed by atoms with Crippen LogP contribution >= 0.6 is 11.3 Å². The van der Waals surface area contributed by atoms with Gasteiger partial charge in [-0.2, -0.15) is 0 Å². The SMILES string of the molecule is CCc1csc(C(=O)[O-])c1N. The van der Waals surface area contributed by atoms with Crippen molar-refractivity contribution >= 4 is 23.0 Å². The quantitative estimate of drug-likeness (QED) is 0.692. The molecule has 1 heterocycles. The molecule has 1 aromatic heterocycles. The van der Waals surface area contributed by atoms with E-state index in [2.05, 4.69) is 0 Å². The first kappa shape index (κ1) is 8.07. The summed E-state index contributed by atoms with van der Waals surface area (Å²) in [6, 6.07) is 0. The van der Waals surface area contributed by atoms with Crippen molar-refractivity contribution in [2.75, 3.05) is 5.73 Å². The number of carbonyl (C=O) groups is 1. The molecule has 0 fully saturated rings. The van der Waals surface area contributed by atoms with Crippen molar-refractivity contribution in [3.63, 3.8) is 0 Å². The third kappa shape index (κ3) is 1.35. The molecule has 4 heteroatoms. The number of carboxylic acid groups (broad SMARTS) is 1. The fourth-order valence-corrected chi connectivity index (χ4v) is 1.74. The van der Waals surface area contributed by atoms with Gasteiger partial charge >= 0.3 is 0 Å². The summed E-state index contributed by atoms with van der Waals surface area (Å²) in [6.45, 7) is 1.93. The number of hydrogen-bond donors (Lipinski definition) is 1. The van der Waals surface area contributed by atoms with E-state index in [1.807, 2.05) is 6.92 Å². The molecular formula is C7H8NO2S-. The Labute approximate surface area is 68.5 Å². The predicted molar refractivity (Wildman–Crippen MR) is 42.4 cm³/mol. The second kappa shape index (κ2) is 2.92. The molecule has 0 bridgehead atoms. The molecule has 0 unspecified atom stereocenters. The van der Waals surface area contributed by atoms with Gasteiger partial charge in [0.2, 0.25) is 0 Å². The summed E-state index contributed by atoms with van der Waals surface area (Å²) in [5, 5.41) is 12.1. The number of aromatic carboxylic acids is 1. The minimum Gasteiger partial charge on any atom is -0.544 e. The van der Waals surface area contributed by atoms with E-state index in [1.54, 1.807) is 5.38 Å². The molecule has 0 saturated heterocycles. The fraction of sp³-hybridized carbons (Fsp3) is 0.286. The molecule has 60 valence electrons. The van der Waals surface area contributed by atoms with Crippen LogP contribution < -0.4 is 10.8 Å². The third-order valence-electron chi connectivity index (χ3n) is 1.48. The van der Waals surface area contributed by atoms with Crippen molar-refractivity contribution in [3.8, 4) is 0 Å². The van der Waals surface area contributed by atoms with Crippen LogP contribution in [0.2, 0.25) is 0 Å². The van der Waals surface area contributed by atoms with Crippen LogP contribution in [-0.4, -0.2) is 5.97 Å². The molecule has 0 amide bonds. The maximum absolute atomic E-state index is 10.4. The van der Waals surface area contributed by atoms with E-state index in [9.17, 15) is 9.90 Å². The number of carboxylic acids is 1. The second-order valence-corrected chi connectivity index (χ2v) is 3.02. The number of thiophene rings is 1. The number of nitrogen functional groups attached to an aromatic ring is 1. The topological polar surface area (TPSA) is 66.1 Å². The highest BCUT2D eigenvalue weighted by atomic mass is 32.1. The van der Waals surface area contributed by atoms with Gasteiger partial charge in [0.15, 0.2) is 0 Å². The summed E-state index contributed by atoms with van der Waals surface area (Å²) in [4.78, 5) is 10.5. The Bertz CT molecular complexity index is 280. The Morgan fingerprint density at radius 3 is 2.73 bits per heavy atom. The van der Waals surface area contributed by atoms with Crippen LogP contribution in [0.3, 0.4) is 0 Å². The lowest BCUT2D eigenvalue weighted by atomic mass is 10.2. The van der Waals surface area contributed by atoms with Gasteiger partial charge in [-0.15, -0.1) is 11.3 Å².